The molecule has 1 aliphatic rings. The number of benzene rings is 1. The van der Waals surface area contributed by atoms with Gasteiger partial charge in [-0.25, -0.2) is 17.8 Å². The highest BCUT2D eigenvalue weighted by Crippen LogP contribution is 2.28. The van der Waals surface area contributed by atoms with Crippen LogP contribution in [0, 0.1) is 23.6 Å². The first-order valence-corrected chi connectivity index (χ1v) is 13.8. The number of ether oxygens (including phenoxy) is 1. The third kappa shape index (κ3) is 6.25. The first kappa shape index (κ1) is 28.2. The lowest BCUT2D eigenvalue weighted by Gasteiger charge is -2.37. The number of carbonyl (C=O) groups excluding carboxylic acids is 1. The molecule has 1 N–H and O–H groups in total. The number of nitrogens with zero attached hydrogens (tertiary/aromatic N) is 4. The number of fused-ring (bicyclic) bond motifs is 1. The van der Waals surface area contributed by atoms with E-state index in [1.54, 1.807) is 37.5 Å². The highest BCUT2D eigenvalue weighted by molar-refractivity contribution is 7.89. The summed E-state index contributed by atoms with van der Waals surface area (Å²) in [5, 5.41) is 9.84. The van der Waals surface area contributed by atoms with Crippen molar-refractivity contribution in [3.05, 3.63) is 83.6 Å². The molecule has 0 unspecified atom stereocenters. The number of hydrogen-bond donors (Lipinski definition) is 1. The third-order valence-electron chi connectivity index (χ3n) is 6.51. The van der Waals surface area contributed by atoms with Crippen LogP contribution in [0.5, 0.6) is 5.88 Å². The molecule has 1 amide bonds. The van der Waals surface area contributed by atoms with Crippen molar-refractivity contribution in [1.82, 2.24) is 19.2 Å². The predicted molar refractivity (Wildman–Crippen MR) is 142 cm³/mol. The van der Waals surface area contributed by atoms with Crippen LogP contribution in [0.4, 0.5) is 4.39 Å². The lowest BCUT2D eigenvalue weighted by molar-refractivity contribution is 0.0373. The minimum atomic E-state index is -4.16. The van der Waals surface area contributed by atoms with Crippen molar-refractivity contribution in [3.63, 3.8) is 0 Å². The van der Waals surface area contributed by atoms with E-state index < -0.39 is 32.9 Å². The van der Waals surface area contributed by atoms with Crippen molar-refractivity contribution in [3.8, 4) is 17.7 Å². The highest BCUT2D eigenvalue weighted by Gasteiger charge is 2.36. The second-order valence-electron chi connectivity index (χ2n) is 9.40. The average molecular weight is 553 g/mol. The molecular formula is C28H29FN4O5S. The van der Waals surface area contributed by atoms with Gasteiger partial charge >= 0.3 is 0 Å². The topological polar surface area (TPSA) is 113 Å². The molecule has 0 bridgehead atoms. The molecule has 3 atom stereocenters. The maximum atomic E-state index is 14.3. The molecule has 3 aromatic rings. The minimum Gasteiger partial charge on any atom is -0.472 e. The Morgan fingerprint density at radius 2 is 1.90 bits per heavy atom. The maximum Gasteiger partial charge on any atom is 0.259 e. The van der Waals surface area contributed by atoms with Gasteiger partial charge in [0, 0.05) is 49.2 Å². The molecule has 0 fully saturated rings. The van der Waals surface area contributed by atoms with E-state index in [-0.39, 0.29) is 43.0 Å². The lowest BCUT2D eigenvalue weighted by Crippen LogP contribution is -2.50. The fraction of sp³-hybridized carbons (Fsp3) is 0.321. The van der Waals surface area contributed by atoms with Crippen molar-refractivity contribution in [2.75, 3.05) is 26.7 Å². The van der Waals surface area contributed by atoms with Gasteiger partial charge in [0.05, 0.1) is 19.2 Å². The number of aliphatic hydroxyl groups excluding tert-OH is 1. The fourth-order valence-corrected chi connectivity index (χ4v) is 5.39. The van der Waals surface area contributed by atoms with Crippen molar-refractivity contribution in [2.45, 2.75) is 30.9 Å². The predicted octanol–water partition coefficient (Wildman–Crippen LogP) is 2.56. The monoisotopic (exact) mass is 552 g/mol. The van der Waals surface area contributed by atoms with Crippen molar-refractivity contribution < 1.29 is 27.4 Å². The molecule has 39 heavy (non-hydrogen) atoms. The van der Waals surface area contributed by atoms with Crippen LogP contribution in [-0.4, -0.2) is 77.5 Å². The summed E-state index contributed by atoms with van der Waals surface area (Å²) in [6.07, 6.45) is 3.99. The van der Waals surface area contributed by atoms with Gasteiger partial charge < -0.3 is 14.7 Å². The van der Waals surface area contributed by atoms with Crippen LogP contribution >= 0.6 is 0 Å². The van der Waals surface area contributed by atoms with Crippen LogP contribution < -0.4 is 4.74 Å². The van der Waals surface area contributed by atoms with Gasteiger partial charge in [-0.05, 0) is 37.3 Å². The zero-order valence-corrected chi connectivity index (χ0v) is 22.6. The van der Waals surface area contributed by atoms with E-state index in [2.05, 4.69) is 21.8 Å². The lowest BCUT2D eigenvalue weighted by atomic mass is 10.0. The molecule has 1 aliphatic heterocycles. The minimum absolute atomic E-state index is 0.0258. The van der Waals surface area contributed by atoms with Crippen molar-refractivity contribution >= 4 is 15.9 Å². The molecule has 3 heterocycles. The number of hydrogen-bond acceptors (Lipinski definition) is 7. The zero-order chi connectivity index (χ0) is 28.2. The first-order valence-electron chi connectivity index (χ1n) is 12.3. The van der Waals surface area contributed by atoms with Crippen LogP contribution in [0.1, 0.15) is 35.3 Å². The Kier molecular flexibility index (Phi) is 8.60. The van der Waals surface area contributed by atoms with E-state index in [9.17, 15) is 22.7 Å². The summed E-state index contributed by atoms with van der Waals surface area (Å²) in [5.41, 5.74) is 1.36. The summed E-state index contributed by atoms with van der Waals surface area (Å²) in [5.74, 6) is 4.41. The summed E-state index contributed by atoms with van der Waals surface area (Å²) in [7, 11) is -2.81. The summed E-state index contributed by atoms with van der Waals surface area (Å²) < 4.78 is 47.8. The SMILES string of the molecule is C[C@H]1CN([C@@H](C)CO)C(=O)c2cc(C#Cc3ccncc3)cnc2O[C@@H]1CN(C)S(=O)(=O)c1ccccc1F. The van der Waals surface area contributed by atoms with Crippen LogP contribution in [0.2, 0.25) is 0 Å². The molecule has 0 aliphatic carbocycles. The van der Waals surface area contributed by atoms with E-state index in [1.165, 1.54) is 36.3 Å². The number of carbonyl (C=O) groups is 1. The maximum absolute atomic E-state index is 14.3. The van der Waals surface area contributed by atoms with E-state index >= 15 is 0 Å². The Labute approximate surface area is 227 Å². The summed E-state index contributed by atoms with van der Waals surface area (Å²) in [6.45, 7) is 3.33. The summed E-state index contributed by atoms with van der Waals surface area (Å²) in [4.78, 5) is 23.0. The largest absolute Gasteiger partial charge is 0.472 e. The summed E-state index contributed by atoms with van der Waals surface area (Å²) in [6, 6.07) is 9.73. The average Bonchev–Trinajstić information content (AvgIpc) is 2.94. The van der Waals surface area contributed by atoms with Crippen molar-refractivity contribution in [1.29, 1.82) is 0 Å². The molecule has 0 spiro atoms. The van der Waals surface area contributed by atoms with Gasteiger partial charge in [0.15, 0.2) is 0 Å². The number of amides is 1. The molecular weight excluding hydrogens is 523 g/mol. The Morgan fingerprint density at radius 3 is 2.59 bits per heavy atom. The van der Waals surface area contributed by atoms with Gasteiger partial charge in [-0.1, -0.05) is 30.9 Å². The Balaban J connectivity index is 1.69. The van der Waals surface area contributed by atoms with Crippen LogP contribution in [0.15, 0.2) is 66.0 Å². The highest BCUT2D eigenvalue weighted by atomic mass is 32.2. The smallest absolute Gasteiger partial charge is 0.259 e. The van der Waals surface area contributed by atoms with Crippen LogP contribution in [0.3, 0.4) is 0 Å². The second kappa shape index (κ2) is 11.9. The van der Waals surface area contributed by atoms with Gasteiger partial charge in [-0.3, -0.25) is 9.78 Å². The van der Waals surface area contributed by atoms with Crippen LogP contribution in [0.25, 0.3) is 0 Å². The standard InChI is InChI=1S/C28H29FN4O5S/c1-19-16-33(20(2)18-34)28(35)23-14-22(9-8-21-10-12-30-13-11-21)15-31-27(23)38-25(19)17-32(3)39(36,37)26-7-5-4-6-24(26)29/h4-7,10-15,19-20,25,34H,16-18H2,1-3H3/t19-,20-,25+/m0/s1. The van der Waals surface area contributed by atoms with E-state index in [0.29, 0.717) is 5.56 Å². The van der Waals surface area contributed by atoms with Gasteiger partial charge in [0.2, 0.25) is 15.9 Å². The third-order valence-corrected chi connectivity index (χ3v) is 8.37. The molecule has 1 aromatic carbocycles. The molecule has 9 nitrogen and oxygen atoms in total. The molecule has 0 saturated heterocycles. The summed E-state index contributed by atoms with van der Waals surface area (Å²) >= 11 is 0. The molecule has 0 saturated carbocycles. The van der Waals surface area contributed by atoms with Crippen LogP contribution in [-0.2, 0) is 10.0 Å². The molecule has 2 aromatic heterocycles. The second-order valence-corrected chi connectivity index (χ2v) is 11.4. The number of likely N-dealkylation sites (N-methyl/N-ethyl adjacent to an activating group) is 1. The number of halogens is 1. The Hall–Kier alpha value is -3.85. The number of aromatic nitrogens is 2. The fourth-order valence-electron chi connectivity index (χ4n) is 4.14. The first-order chi connectivity index (χ1) is 18.6. The van der Waals surface area contributed by atoms with E-state index in [0.717, 1.165) is 15.9 Å². The zero-order valence-electron chi connectivity index (χ0n) is 21.8. The molecule has 204 valence electrons. The molecule has 4 rings (SSSR count). The van der Waals surface area contributed by atoms with Gasteiger partial charge in [0.1, 0.15) is 22.4 Å². The van der Waals surface area contributed by atoms with Gasteiger partial charge in [0.25, 0.3) is 5.91 Å². The molecule has 11 heteroatoms. The molecule has 0 radical (unpaired) electrons. The van der Waals surface area contributed by atoms with E-state index in [4.69, 9.17) is 4.74 Å². The number of aliphatic hydroxyl groups is 1. The number of rotatable bonds is 6. The van der Waals surface area contributed by atoms with Gasteiger partial charge in [-0.2, -0.15) is 4.31 Å². The normalized spacial score (nSPS) is 18.3. The van der Waals surface area contributed by atoms with Crippen molar-refractivity contribution in [2.24, 2.45) is 5.92 Å². The number of sulfonamides is 1. The quantitative estimate of drug-likeness (QED) is 0.468. The van der Waals surface area contributed by atoms with E-state index in [1.807, 2.05) is 6.92 Å². The Morgan fingerprint density at radius 1 is 1.21 bits per heavy atom. The Bertz CT molecular complexity index is 1510. The number of pyridine rings is 2. The van der Waals surface area contributed by atoms with Gasteiger partial charge in [-0.15, -0.1) is 0 Å².